The number of rotatable bonds is 3. The van der Waals surface area contributed by atoms with E-state index in [0.717, 1.165) is 12.6 Å². The number of hydrogen-bond donors (Lipinski definition) is 2. The zero-order chi connectivity index (χ0) is 13.1. The lowest BCUT2D eigenvalue weighted by Crippen LogP contribution is -2.44. The normalized spacial score (nSPS) is 19.2. The summed E-state index contributed by atoms with van der Waals surface area (Å²) in [7, 11) is 0. The van der Waals surface area contributed by atoms with Crippen LogP contribution < -0.4 is 10.6 Å². The van der Waals surface area contributed by atoms with E-state index in [1.165, 1.54) is 0 Å². The van der Waals surface area contributed by atoms with Gasteiger partial charge in [0.05, 0.1) is 4.92 Å². The molecule has 0 aliphatic carbocycles. The summed E-state index contributed by atoms with van der Waals surface area (Å²) in [5, 5.41) is 16.1. The first kappa shape index (κ1) is 12.5. The van der Waals surface area contributed by atoms with E-state index in [0.29, 0.717) is 13.0 Å². The summed E-state index contributed by atoms with van der Waals surface area (Å²) in [5.74, 6) is -0.243. The molecule has 0 aromatic carbocycles. The lowest BCUT2D eigenvalue weighted by atomic mass is 10.1. The highest BCUT2D eigenvalue weighted by Gasteiger charge is 2.26. The van der Waals surface area contributed by atoms with Crippen molar-refractivity contribution in [3.63, 3.8) is 0 Å². The van der Waals surface area contributed by atoms with Crippen LogP contribution in [0.5, 0.6) is 0 Å². The number of carbonyl (C=O) groups is 1. The highest BCUT2D eigenvalue weighted by Crippen LogP contribution is 2.23. The maximum absolute atomic E-state index is 11.5. The Hall–Kier alpha value is -1.96. The first-order chi connectivity index (χ1) is 8.58. The number of hydrogen-bond acceptors (Lipinski definition) is 6. The maximum Gasteiger partial charge on any atom is 0.329 e. The Bertz CT molecular complexity index is 495. The summed E-state index contributed by atoms with van der Waals surface area (Å²) in [6.45, 7) is 0.615. The molecule has 1 fully saturated rings. The van der Waals surface area contributed by atoms with Crippen LogP contribution in [0.2, 0.25) is 5.28 Å². The van der Waals surface area contributed by atoms with Crippen LogP contribution in [-0.4, -0.2) is 33.4 Å². The largest absolute Gasteiger partial charge is 0.354 e. The van der Waals surface area contributed by atoms with Gasteiger partial charge < -0.3 is 10.6 Å². The molecule has 1 aromatic rings. The van der Waals surface area contributed by atoms with Crippen molar-refractivity contribution in [2.24, 2.45) is 0 Å². The second-order valence-corrected chi connectivity index (χ2v) is 4.10. The second-order valence-electron chi connectivity index (χ2n) is 3.76. The third kappa shape index (κ3) is 2.65. The molecule has 9 heteroatoms. The minimum Gasteiger partial charge on any atom is -0.354 e. The molecule has 8 nitrogen and oxygen atoms in total. The van der Waals surface area contributed by atoms with Crippen molar-refractivity contribution in [1.29, 1.82) is 0 Å². The molecular formula is C9H10ClN5O3. The van der Waals surface area contributed by atoms with E-state index >= 15 is 0 Å². The molecule has 96 valence electrons. The smallest absolute Gasteiger partial charge is 0.329 e. The van der Waals surface area contributed by atoms with E-state index in [9.17, 15) is 14.9 Å². The Labute approximate surface area is 107 Å². The molecule has 1 aliphatic heterocycles. The van der Waals surface area contributed by atoms with Crippen LogP contribution in [0.15, 0.2) is 6.20 Å². The van der Waals surface area contributed by atoms with Crippen molar-refractivity contribution in [2.45, 2.75) is 18.9 Å². The van der Waals surface area contributed by atoms with Gasteiger partial charge in [-0.25, -0.2) is 4.98 Å². The van der Waals surface area contributed by atoms with Gasteiger partial charge in [0, 0.05) is 6.54 Å². The fourth-order valence-electron chi connectivity index (χ4n) is 1.67. The van der Waals surface area contributed by atoms with Crippen molar-refractivity contribution in [2.75, 3.05) is 11.9 Å². The molecule has 0 spiro atoms. The first-order valence-electron chi connectivity index (χ1n) is 5.29. The molecule has 1 aliphatic rings. The molecule has 1 atom stereocenters. The number of amides is 1. The van der Waals surface area contributed by atoms with E-state index in [1.807, 2.05) is 0 Å². The van der Waals surface area contributed by atoms with Crippen molar-refractivity contribution in [3.05, 3.63) is 21.6 Å². The summed E-state index contributed by atoms with van der Waals surface area (Å²) in [6.07, 6.45) is 2.40. The molecule has 1 amide bonds. The van der Waals surface area contributed by atoms with Gasteiger partial charge in [-0.15, -0.1) is 0 Å². The molecular weight excluding hydrogens is 262 g/mol. The summed E-state index contributed by atoms with van der Waals surface area (Å²) in [5.41, 5.74) is -0.308. The number of aromatic nitrogens is 2. The molecule has 1 unspecified atom stereocenters. The Kier molecular flexibility index (Phi) is 3.56. The van der Waals surface area contributed by atoms with Gasteiger partial charge in [-0.2, -0.15) is 4.98 Å². The maximum atomic E-state index is 11.5. The Morgan fingerprint density at radius 1 is 1.61 bits per heavy atom. The lowest BCUT2D eigenvalue weighted by Gasteiger charge is -2.22. The average Bonchev–Trinajstić information content (AvgIpc) is 2.32. The third-order valence-corrected chi connectivity index (χ3v) is 2.72. The molecule has 2 heterocycles. The van der Waals surface area contributed by atoms with Crippen molar-refractivity contribution >= 4 is 29.0 Å². The highest BCUT2D eigenvalue weighted by atomic mass is 35.5. The topological polar surface area (TPSA) is 110 Å². The van der Waals surface area contributed by atoms with Crippen LogP contribution in [0.1, 0.15) is 12.8 Å². The second kappa shape index (κ2) is 5.13. The van der Waals surface area contributed by atoms with E-state index in [-0.39, 0.29) is 22.7 Å². The number of halogens is 1. The predicted molar refractivity (Wildman–Crippen MR) is 63.4 cm³/mol. The van der Waals surface area contributed by atoms with Crippen LogP contribution in [0.3, 0.4) is 0 Å². The number of nitrogens with zero attached hydrogens (tertiary/aromatic N) is 3. The quantitative estimate of drug-likeness (QED) is 0.476. The Morgan fingerprint density at radius 3 is 3.06 bits per heavy atom. The monoisotopic (exact) mass is 271 g/mol. The lowest BCUT2D eigenvalue weighted by molar-refractivity contribution is -0.384. The fourth-order valence-corrected chi connectivity index (χ4v) is 1.80. The molecule has 2 N–H and O–H groups in total. The van der Waals surface area contributed by atoms with Gasteiger partial charge >= 0.3 is 5.69 Å². The van der Waals surface area contributed by atoms with Crippen LogP contribution in [0, 0.1) is 10.1 Å². The van der Waals surface area contributed by atoms with Crippen LogP contribution >= 0.6 is 11.6 Å². The molecule has 0 bridgehead atoms. The summed E-state index contributed by atoms with van der Waals surface area (Å²) in [4.78, 5) is 29.0. The zero-order valence-electron chi connectivity index (χ0n) is 9.22. The fraction of sp³-hybridized carbons (Fsp3) is 0.444. The number of nitrogens with one attached hydrogen (secondary N) is 2. The van der Waals surface area contributed by atoms with Gasteiger partial charge in [0.2, 0.25) is 17.0 Å². The number of anilines is 1. The molecule has 0 saturated carbocycles. The van der Waals surface area contributed by atoms with Crippen molar-refractivity contribution < 1.29 is 9.72 Å². The van der Waals surface area contributed by atoms with Crippen molar-refractivity contribution in [1.82, 2.24) is 15.3 Å². The highest BCUT2D eigenvalue weighted by molar-refractivity contribution is 6.28. The molecule has 1 saturated heterocycles. The minimum atomic E-state index is -0.626. The molecule has 18 heavy (non-hydrogen) atoms. The van der Waals surface area contributed by atoms with E-state index in [2.05, 4.69) is 20.6 Å². The average molecular weight is 272 g/mol. The summed E-state index contributed by atoms with van der Waals surface area (Å²) >= 11 is 5.59. The van der Waals surface area contributed by atoms with Crippen molar-refractivity contribution in [3.8, 4) is 0 Å². The minimum absolute atomic E-state index is 0.0398. The zero-order valence-corrected chi connectivity index (χ0v) is 9.98. The third-order valence-electron chi connectivity index (χ3n) is 2.53. The van der Waals surface area contributed by atoms with Gasteiger partial charge in [0.15, 0.2) is 0 Å². The van der Waals surface area contributed by atoms with Gasteiger partial charge in [-0.1, -0.05) is 0 Å². The van der Waals surface area contributed by atoms with Crippen LogP contribution in [0.4, 0.5) is 11.5 Å². The SMILES string of the molecule is O=C1NCCCC1Nc1nc(Cl)ncc1[N+](=O)[O-]. The van der Waals surface area contributed by atoms with Crippen LogP contribution in [-0.2, 0) is 4.79 Å². The number of piperidine rings is 1. The number of nitro groups is 1. The summed E-state index contributed by atoms with van der Waals surface area (Å²) < 4.78 is 0. The number of carbonyl (C=O) groups excluding carboxylic acids is 1. The van der Waals surface area contributed by atoms with Gasteiger partial charge in [-0.3, -0.25) is 14.9 Å². The molecule has 2 rings (SSSR count). The summed E-state index contributed by atoms with van der Waals surface area (Å²) in [6, 6.07) is -0.539. The molecule has 1 aromatic heterocycles. The van der Waals surface area contributed by atoms with Gasteiger partial charge in [0.25, 0.3) is 0 Å². The van der Waals surface area contributed by atoms with Crippen LogP contribution in [0.25, 0.3) is 0 Å². The molecule has 0 radical (unpaired) electrons. The first-order valence-corrected chi connectivity index (χ1v) is 5.67. The standard InChI is InChI=1S/C9H10ClN5O3/c10-9-12-4-6(15(17)18)7(14-9)13-5-2-1-3-11-8(5)16/h4-5H,1-3H2,(H,11,16)(H,12,13,14). The Balaban J connectivity index is 2.24. The van der Waals surface area contributed by atoms with E-state index in [1.54, 1.807) is 0 Å². The van der Waals surface area contributed by atoms with Gasteiger partial charge in [0.1, 0.15) is 12.2 Å². The van der Waals surface area contributed by atoms with E-state index < -0.39 is 11.0 Å². The van der Waals surface area contributed by atoms with Gasteiger partial charge in [-0.05, 0) is 24.4 Å². The Morgan fingerprint density at radius 2 is 2.39 bits per heavy atom. The predicted octanol–water partition coefficient (Wildman–Crippen LogP) is 0.729. The van der Waals surface area contributed by atoms with E-state index in [4.69, 9.17) is 11.6 Å².